The topological polar surface area (TPSA) is 79.8 Å². The van der Waals surface area contributed by atoms with E-state index in [4.69, 9.17) is 4.74 Å². The van der Waals surface area contributed by atoms with Gasteiger partial charge in [-0.05, 0) is 37.8 Å². The quantitative estimate of drug-likeness (QED) is 0.638. The van der Waals surface area contributed by atoms with E-state index in [9.17, 15) is 13.2 Å². The standard InChI is InChI=1S/C19H31N3O4S/c1-4-17(5-2)22(13-14-26-3)19(23)16-8-11-21(12-9-16)27(24,25)18-7-6-10-20-15-18/h6-7,10,15-17H,4-5,8-9,11-14H2,1-3H3. The number of piperidine rings is 1. The van der Waals surface area contributed by atoms with Gasteiger partial charge in [0, 0.05) is 51.1 Å². The summed E-state index contributed by atoms with van der Waals surface area (Å²) in [4.78, 5) is 19.1. The van der Waals surface area contributed by atoms with Crippen LogP contribution in [-0.2, 0) is 19.6 Å². The van der Waals surface area contributed by atoms with E-state index >= 15 is 0 Å². The zero-order valence-electron chi connectivity index (χ0n) is 16.5. The van der Waals surface area contributed by atoms with Crippen molar-refractivity contribution in [3.8, 4) is 0 Å². The summed E-state index contributed by atoms with van der Waals surface area (Å²) in [6.45, 7) is 5.98. The lowest BCUT2D eigenvalue weighted by atomic mass is 9.95. The van der Waals surface area contributed by atoms with Gasteiger partial charge in [0.2, 0.25) is 15.9 Å². The Morgan fingerprint density at radius 2 is 2.00 bits per heavy atom. The Morgan fingerprint density at radius 1 is 1.33 bits per heavy atom. The first-order valence-corrected chi connectivity index (χ1v) is 11.1. The molecule has 1 fully saturated rings. The molecule has 1 aromatic heterocycles. The highest BCUT2D eigenvalue weighted by molar-refractivity contribution is 7.89. The van der Waals surface area contributed by atoms with Gasteiger partial charge in [0.1, 0.15) is 4.90 Å². The van der Waals surface area contributed by atoms with E-state index in [2.05, 4.69) is 18.8 Å². The van der Waals surface area contributed by atoms with E-state index in [0.717, 1.165) is 12.8 Å². The van der Waals surface area contributed by atoms with E-state index in [1.54, 1.807) is 25.4 Å². The molecule has 0 radical (unpaired) electrons. The lowest BCUT2D eigenvalue weighted by Gasteiger charge is -2.36. The number of hydrogen-bond donors (Lipinski definition) is 0. The molecule has 152 valence electrons. The van der Waals surface area contributed by atoms with Gasteiger partial charge in [-0.25, -0.2) is 8.42 Å². The molecule has 27 heavy (non-hydrogen) atoms. The van der Waals surface area contributed by atoms with Crippen molar-refractivity contribution in [1.82, 2.24) is 14.2 Å². The number of sulfonamides is 1. The highest BCUT2D eigenvalue weighted by Crippen LogP contribution is 2.26. The molecule has 0 saturated carbocycles. The van der Waals surface area contributed by atoms with Crippen molar-refractivity contribution in [2.24, 2.45) is 5.92 Å². The number of nitrogens with zero attached hydrogens (tertiary/aromatic N) is 3. The van der Waals surface area contributed by atoms with Gasteiger partial charge in [-0.1, -0.05) is 13.8 Å². The predicted molar refractivity (Wildman–Crippen MR) is 104 cm³/mol. The summed E-state index contributed by atoms with van der Waals surface area (Å²) in [5, 5.41) is 0. The van der Waals surface area contributed by atoms with Crippen LogP contribution < -0.4 is 0 Å². The van der Waals surface area contributed by atoms with Gasteiger partial charge in [0.25, 0.3) is 0 Å². The fourth-order valence-electron chi connectivity index (χ4n) is 3.62. The largest absolute Gasteiger partial charge is 0.383 e. The summed E-state index contributed by atoms with van der Waals surface area (Å²) >= 11 is 0. The van der Waals surface area contributed by atoms with Crippen LogP contribution in [0.1, 0.15) is 39.5 Å². The number of amides is 1. The average Bonchev–Trinajstić information content (AvgIpc) is 2.71. The Bertz CT molecular complexity index is 684. The zero-order chi connectivity index (χ0) is 19.9. The summed E-state index contributed by atoms with van der Waals surface area (Å²) in [5.41, 5.74) is 0. The molecule has 0 atom stereocenters. The first-order valence-electron chi connectivity index (χ1n) is 9.65. The number of rotatable bonds is 9. The summed E-state index contributed by atoms with van der Waals surface area (Å²) in [5.74, 6) is -0.0121. The maximum absolute atomic E-state index is 13.1. The van der Waals surface area contributed by atoms with Crippen LogP contribution >= 0.6 is 0 Å². The molecule has 7 nitrogen and oxygen atoms in total. The molecular weight excluding hydrogens is 366 g/mol. The minimum absolute atomic E-state index is 0.124. The molecule has 1 aliphatic heterocycles. The molecule has 1 saturated heterocycles. The minimum atomic E-state index is -3.55. The lowest BCUT2D eigenvalue weighted by molar-refractivity contribution is -0.140. The van der Waals surface area contributed by atoms with Crippen molar-refractivity contribution in [3.63, 3.8) is 0 Å². The Morgan fingerprint density at radius 3 is 2.52 bits per heavy atom. The first-order chi connectivity index (χ1) is 13.0. The fourth-order valence-corrected chi connectivity index (χ4v) is 5.05. The minimum Gasteiger partial charge on any atom is -0.383 e. The molecule has 1 aliphatic rings. The number of methoxy groups -OCH3 is 1. The van der Waals surface area contributed by atoms with Gasteiger partial charge in [-0.15, -0.1) is 0 Å². The second-order valence-corrected chi connectivity index (χ2v) is 8.80. The van der Waals surface area contributed by atoms with Crippen molar-refractivity contribution in [2.75, 3.05) is 33.4 Å². The van der Waals surface area contributed by atoms with Crippen molar-refractivity contribution in [1.29, 1.82) is 0 Å². The van der Waals surface area contributed by atoms with E-state index in [1.807, 2.05) is 4.90 Å². The molecule has 0 unspecified atom stereocenters. The van der Waals surface area contributed by atoms with Crippen LogP contribution in [0.25, 0.3) is 0 Å². The first kappa shape index (κ1) is 21.8. The zero-order valence-corrected chi connectivity index (χ0v) is 17.3. The van der Waals surface area contributed by atoms with Crippen LogP contribution in [0.3, 0.4) is 0 Å². The summed E-state index contributed by atoms with van der Waals surface area (Å²) in [7, 11) is -1.91. The molecule has 0 spiro atoms. The number of pyridine rings is 1. The van der Waals surface area contributed by atoms with Gasteiger partial charge in [0.15, 0.2) is 0 Å². The van der Waals surface area contributed by atoms with Crippen LogP contribution in [0.4, 0.5) is 0 Å². The van der Waals surface area contributed by atoms with Crippen molar-refractivity contribution in [3.05, 3.63) is 24.5 Å². The Balaban J connectivity index is 2.03. The molecular formula is C19H31N3O4S. The third kappa shape index (κ3) is 5.27. The number of aromatic nitrogens is 1. The summed E-state index contributed by atoms with van der Waals surface area (Å²) in [6.07, 6.45) is 5.81. The Labute approximate surface area is 162 Å². The van der Waals surface area contributed by atoms with Crippen LogP contribution in [0, 0.1) is 5.92 Å². The van der Waals surface area contributed by atoms with E-state index in [-0.39, 0.29) is 22.8 Å². The monoisotopic (exact) mass is 397 g/mol. The number of hydrogen-bond acceptors (Lipinski definition) is 5. The number of carbonyl (C=O) groups is 1. The normalized spacial score (nSPS) is 16.6. The number of carbonyl (C=O) groups excluding carboxylic acids is 1. The molecule has 8 heteroatoms. The second kappa shape index (κ2) is 10.1. The SMILES string of the molecule is CCC(CC)N(CCOC)C(=O)C1CCN(S(=O)(=O)c2cccnc2)CC1. The average molecular weight is 398 g/mol. The third-order valence-corrected chi connectivity index (χ3v) is 7.16. The van der Waals surface area contributed by atoms with Gasteiger partial charge in [0.05, 0.1) is 6.61 Å². The van der Waals surface area contributed by atoms with E-state index in [1.165, 1.54) is 10.5 Å². The van der Waals surface area contributed by atoms with Gasteiger partial charge >= 0.3 is 0 Å². The predicted octanol–water partition coefficient (Wildman–Crippen LogP) is 2.15. The maximum Gasteiger partial charge on any atom is 0.244 e. The molecule has 0 aromatic carbocycles. The second-order valence-electron chi connectivity index (χ2n) is 6.86. The summed E-state index contributed by atoms with van der Waals surface area (Å²) in [6, 6.07) is 3.37. The van der Waals surface area contributed by atoms with Crippen molar-refractivity contribution >= 4 is 15.9 Å². The molecule has 0 bridgehead atoms. The van der Waals surface area contributed by atoms with Gasteiger partial charge in [-0.3, -0.25) is 9.78 Å². The van der Waals surface area contributed by atoms with Crippen LogP contribution in [0.15, 0.2) is 29.4 Å². The highest BCUT2D eigenvalue weighted by atomic mass is 32.2. The maximum atomic E-state index is 13.1. The lowest BCUT2D eigenvalue weighted by Crippen LogP contribution is -2.48. The van der Waals surface area contributed by atoms with Crippen molar-refractivity contribution in [2.45, 2.75) is 50.5 Å². The van der Waals surface area contributed by atoms with Gasteiger partial charge < -0.3 is 9.64 Å². The molecule has 2 rings (SSSR count). The van der Waals surface area contributed by atoms with E-state index < -0.39 is 10.0 Å². The van der Waals surface area contributed by atoms with Gasteiger partial charge in [-0.2, -0.15) is 4.31 Å². The third-order valence-electron chi connectivity index (χ3n) is 5.28. The number of ether oxygens (including phenoxy) is 1. The Hall–Kier alpha value is -1.51. The fraction of sp³-hybridized carbons (Fsp3) is 0.684. The van der Waals surface area contributed by atoms with Crippen LogP contribution in [0.5, 0.6) is 0 Å². The smallest absolute Gasteiger partial charge is 0.244 e. The molecule has 2 heterocycles. The Kier molecular flexibility index (Phi) is 8.19. The highest BCUT2D eigenvalue weighted by Gasteiger charge is 2.35. The molecule has 0 aliphatic carbocycles. The van der Waals surface area contributed by atoms with Crippen molar-refractivity contribution < 1.29 is 17.9 Å². The molecule has 1 aromatic rings. The van der Waals surface area contributed by atoms with Crippen LogP contribution in [0.2, 0.25) is 0 Å². The van der Waals surface area contributed by atoms with E-state index in [0.29, 0.717) is 39.1 Å². The molecule has 0 N–H and O–H groups in total. The molecule has 1 amide bonds. The van der Waals surface area contributed by atoms with Crippen LogP contribution in [-0.4, -0.2) is 67.9 Å². The summed E-state index contributed by atoms with van der Waals surface area (Å²) < 4.78 is 32.1.